The van der Waals surface area contributed by atoms with Crippen LogP contribution in [0.4, 0.5) is 0 Å². The number of amides is 8. The molecule has 11 aromatic rings. The number of rotatable bonds is 30. The van der Waals surface area contributed by atoms with Crippen molar-refractivity contribution >= 4 is 90.3 Å². The summed E-state index contributed by atoms with van der Waals surface area (Å²) in [4.78, 5) is 139. The second-order valence-corrected chi connectivity index (χ2v) is 27.8. The molecule has 4 atom stereocenters. The van der Waals surface area contributed by atoms with E-state index in [-0.39, 0.29) is 176 Å². The summed E-state index contributed by atoms with van der Waals surface area (Å²) >= 11 is 0. The molecule has 0 aliphatic carbocycles. The standard InChI is InChI=1S/C84H76N8O14/c1-49(2)45-89(35-29-69(93)87-43-57-47-101-57)83(99)63(37-51-25-31-85-32-26-51)91-79(95)59-39-65(103-53-17-9-5-10-18-53)73-75-67(105-55-21-13-7-14-22-55)41-61-72-62(82(98)92(81(61)97)64(38-52-27-33-86-34-28-52)84(100)90(46-50(3)4)36-30-70(94)88-44-58-48-102-58)42-68(106-56-23-15-8-16-24-56)76(78(72)75)74-66(104-54-19-11-6-12-20-54)40-60(80(91)96)71(59)77(73)74/h5-28,31-34,39-42,49-50,57-58,63-64H,29-30,35-38,43-48H2,1-4H3,(H,87,93)(H,88,94). The molecule has 2 N–H and O–H groups in total. The van der Waals surface area contributed by atoms with E-state index in [1.807, 2.05) is 52.0 Å². The Labute approximate surface area is 610 Å². The SMILES string of the molecule is CC(C)CN(CCC(=O)NCC1CO1)C(=O)C(Cc1ccncc1)N1C(=O)c2cc(Oc3ccccc3)c3c4c(Oc5ccccc5)cc5c6c(cc(Oc7ccccc7)c(c7c(Oc8ccccc8)cc(c2c37)C1=O)c64)C(=O)N(C(Cc1ccncc1)C(=O)N(CCC(=O)NCC1CO1)CC(C)C)C5=O. The summed E-state index contributed by atoms with van der Waals surface area (Å²) < 4.78 is 39.4. The first-order chi connectivity index (χ1) is 51.5. The number of pyridine rings is 2. The molecule has 4 aliphatic heterocycles. The molecule has 2 saturated heterocycles. The molecule has 536 valence electrons. The first kappa shape index (κ1) is 69.6. The van der Waals surface area contributed by atoms with Crippen LogP contribution in [0, 0.1) is 11.8 Å². The third-order valence-corrected chi connectivity index (χ3v) is 19.3. The number of benzene rings is 9. The van der Waals surface area contributed by atoms with E-state index >= 15 is 28.8 Å². The van der Waals surface area contributed by atoms with Crippen LogP contribution in [0.3, 0.4) is 0 Å². The molecule has 22 nitrogen and oxygen atoms in total. The third kappa shape index (κ3) is 14.4. The molecule has 22 heteroatoms. The van der Waals surface area contributed by atoms with E-state index in [1.165, 1.54) is 9.80 Å². The van der Waals surface area contributed by atoms with Crippen LogP contribution < -0.4 is 29.6 Å². The van der Waals surface area contributed by atoms with Gasteiger partial charge in [0.2, 0.25) is 23.6 Å². The molecule has 0 bridgehead atoms. The molecule has 4 unspecified atom stereocenters. The average molecular weight is 1420 g/mol. The van der Waals surface area contributed by atoms with Gasteiger partial charge in [0.1, 0.15) is 58.1 Å². The first-order valence-electron chi connectivity index (χ1n) is 35.7. The average Bonchev–Trinajstić information content (AvgIpc) is 0.879. The summed E-state index contributed by atoms with van der Waals surface area (Å²) in [7, 11) is 0. The molecule has 15 rings (SSSR count). The molecule has 6 heterocycles. The number of hydrogen-bond donors (Lipinski definition) is 2. The number of aromatic nitrogens is 2. The molecular weight excluding hydrogens is 1340 g/mol. The van der Waals surface area contributed by atoms with Gasteiger partial charge in [-0.15, -0.1) is 0 Å². The Morgan fingerprint density at radius 3 is 0.972 bits per heavy atom. The van der Waals surface area contributed by atoms with Crippen molar-refractivity contribution in [3.8, 4) is 46.0 Å². The van der Waals surface area contributed by atoms with Gasteiger partial charge in [0.25, 0.3) is 23.6 Å². The van der Waals surface area contributed by atoms with Gasteiger partial charge >= 0.3 is 0 Å². The van der Waals surface area contributed by atoms with Crippen molar-refractivity contribution in [2.45, 2.75) is 77.7 Å². The summed E-state index contributed by atoms with van der Waals surface area (Å²) in [5.41, 5.74) is 1.04. The fraction of sp³-hybridized carbons (Fsp3) is 0.262. The molecule has 0 radical (unpaired) electrons. The van der Waals surface area contributed by atoms with Crippen LogP contribution in [0.5, 0.6) is 46.0 Å². The topological polar surface area (TPSA) is 261 Å². The summed E-state index contributed by atoms with van der Waals surface area (Å²) in [6.07, 6.45) is 5.68. The summed E-state index contributed by atoms with van der Waals surface area (Å²) in [5.74, 6) is -3.86. The van der Waals surface area contributed by atoms with Crippen LogP contribution in [0.2, 0.25) is 0 Å². The molecule has 8 amide bonds. The van der Waals surface area contributed by atoms with Crippen LogP contribution >= 0.6 is 0 Å². The normalized spacial score (nSPS) is 15.7. The number of hydrogen-bond acceptors (Lipinski definition) is 16. The van der Waals surface area contributed by atoms with Crippen molar-refractivity contribution in [1.29, 1.82) is 0 Å². The Morgan fingerprint density at radius 1 is 0.425 bits per heavy atom. The maximum atomic E-state index is 16.6. The molecule has 0 saturated carbocycles. The minimum Gasteiger partial charge on any atom is -0.457 e. The largest absolute Gasteiger partial charge is 0.457 e. The summed E-state index contributed by atoms with van der Waals surface area (Å²) in [6, 6.07) is 45.6. The number of ether oxygens (including phenoxy) is 6. The number of fused-ring (bicyclic) bond motifs is 2. The maximum absolute atomic E-state index is 16.6. The van der Waals surface area contributed by atoms with Crippen molar-refractivity contribution in [2.75, 3.05) is 52.5 Å². The highest BCUT2D eigenvalue weighted by molar-refractivity contribution is 6.45. The molecule has 106 heavy (non-hydrogen) atoms. The fourth-order valence-electron chi connectivity index (χ4n) is 14.3. The van der Waals surface area contributed by atoms with Crippen LogP contribution in [-0.2, 0) is 41.5 Å². The van der Waals surface area contributed by atoms with E-state index in [1.54, 1.807) is 170 Å². The maximum Gasteiger partial charge on any atom is 0.262 e. The summed E-state index contributed by atoms with van der Waals surface area (Å²) in [6.45, 7) is 9.74. The molecule has 9 aromatic carbocycles. The number of carbonyl (C=O) groups is 8. The van der Waals surface area contributed by atoms with Gasteiger partial charge in [-0.1, -0.05) is 100 Å². The molecule has 2 aromatic heterocycles. The zero-order valence-corrected chi connectivity index (χ0v) is 58.8. The number of imide groups is 2. The summed E-state index contributed by atoms with van der Waals surface area (Å²) in [5, 5.41) is 7.60. The number of carbonyl (C=O) groups excluding carboxylic acids is 8. The Balaban J connectivity index is 1.00. The minimum atomic E-state index is -1.50. The predicted molar refractivity (Wildman–Crippen MR) is 396 cm³/mol. The molecular formula is C84H76N8O14. The molecule has 0 spiro atoms. The van der Waals surface area contributed by atoms with E-state index in [9.17, 15) is 9.59 Å². The van der Waals surface area contributed by atoms with E-state index in [2.05, 4.69) is 20.6 Å². The smallest absolute Gasteiger partial charge is 0.262 e. The van der Waals surface area contributed by atoms with Gasteiger partial charge in [0, 0.05) is 133 Å². The lowest BCUT2D eigenvalue weighted by molar-refractivity contribution is -0.137. The number of nitrogens with zero attached hydrogens (tertiary/aromatic N) is 6. The lowest BCUT2D eigenvalue weighted by Gasteiger charge is -2.38. The predicted octanol–water partition coefficient (Wildman–Crippen LogP) is 12.9. The Bertz CT molecular complexity index is 4670. The van der Waals surface area contributed by atoms with Gasteiger partial charge < -0.3 is 48.9 Å². The quantitative estimate of drug-likeness (QED) is 0.0183. The van der Waals surface area contributed by atoms with Crippen LogP contribution in [-0.4, -0.2) is 154 Å². The Morgan fingerprint density at radius 2 is 0.708 bits per heavy atom. The second kappa shape index (κ2) is 29.9. The van der Waals surface area contributed by atoms with Gasteiger partial charge in [-0.3, -0.25) is 58.1 Å². The first-order valence-corrected chi connectivity index (χ1v) is 35.7. The van der Waals surface area contributed by atoms with Crippen LogP contribution in [0.1, 0.15) is 93.1 Å². The van der Waals surface area contributed by atoms with Crippen molar-refractivity contribution < 1.29 is 66.8 Å². The van der Waals surface area contributed by atoms with Gasteiger partial charge in [0.15, 0.2) is 0 Å². The van der Waals surface area contributed by atoms with E-state index in [0.29, 0.717) is 60.4 Å². The lowest BCUT2D eigenvalue weighted by Crippen LogP contribution is -2.56. The minimum absolute atomic E-state index is 0.0348. The molecule has 2 fully saturated rings. The van der Waals surface area contributed by atoms with Crippen LogP contribution in [0.25, 0.3) is 43.1 Å². The Kier molecular flexibility index (Phi) is 19.6. The van der Waals surface area contributed by atoms with E-state index in [4.69, 9.17) is 28.4 Å². The van der Waals surface area contributed by atoms with Gasteiger partial charge in [-0.25, -0.2) is 0 Å². The lowest BCUT2D eigenvalue weighted by atomic mass is 9.80. The fourth-order valence-corrected chi connectivity index (χ4v) is 14.3. The van der Waals surface area contributed by atoms with E-state index in [0.717, 1.165) is 9.80 Å². The Hall–Kier alpha value is -12.1. The zero-order chi connectivity index (χ0) is 73.3. The van der Waals surface area contributed by atoms with Crippen LogP contribution in [0.15, 0.2) is 195 Å². The number of para-hydroxylation sites is 4. The van der Waals surface area contributed by atoms with Gasteiger partial charge in [0.05, 0.1) is 47.7 Å². The second-order valence-electron chi connectivity index (χ2n) is 27.8. The van der Waals surface area contributed by atoms with Crippen molar-refractivity contribution in [3.05, 3.63) is 228 Å². The highest BCUT2D eigenvalue weighted by Crippen LogP contribution is 2.58. The monoisotopic (exact) mass is 1420 g/mol. The molecule has 4 aliphatic rings. The third-order valence-electron chi connectivity index (χ3n) is 19.3. The zero-order valence-electron chi connectivity index (χ0n) is 58.8. The number of epoxide rings is 2. The number of nitrogens with one attached hydrogen (secondary N) is 2. The highest BCUT2D eigenvalue weighted by atomic mass is 16.6. The van der Waals surface area contributed by atoms with Gasteiger partial charge in [-0.2, -0.15) is 0 Å². The van der Waals surface area contributed by atoms with Crippen molar-refractivity contribution in [1.82, 2.24) is 40.2 Å². The highest BCUT2D eigenvalue weighted by Gasteiger charge is 2.48. The van der Waals surface area contributed by atoms with Crippen molar-refractivity contribution in [2.24, 2.45) is 11.8 Å². The van der Waals surface area contributed by atoms with Crippen molar-refractivity contribution in [3.63, 3.8) is 0 Å². The van der Waals surface area contributed by atoms with Gasteiger partial charge in [-0.05, 0) is 120 Å². The van der Waals surface area contributed by atoms with E-state index < -0.39 is 47.5 Å².